The van der Waals surface area contributed by atoms with Gasteiger partial charge in [-0.05, 0) is 25.0 Å². The van der Waals surface area contributed by atoms with Crippen molar-refractivity contribution in [1.82, 2.24) is 20.3 Å². The molecule has 1 heterocycles. The topological polar surface area (TPSA) is 97.1 Å². The van der Waals surface area contributed by atoms with E-state index in [1.54, 1.807) is 0 Å². The standard InChI is InChI=1S/C17H17F3N4O3/c18-17(19,20)11-5-1-2-6-13(11)24-10-12(22-23-24)15(27)21-16(9-14(25)26)7-3-4-8-16/h1-2,5-6,10H,3-4,7-9H2,(H,21,27)(H,25,26). The summed E-state index contributed by atoms with van der Waals surface area (Å²) in [5, 5.41) is 19.1. The van der Waals surface area contributed by atoms with Gasteiger partial charge in [-0.3, -0.25) is 9.59 Å². The van der Waals surface area contributed by atoms with Crippen LogP contribution in [0.3, 0.4) is 0 Å². The number of para-hydroxylation sites is 1. The van der Waals surface area contributed by atoms with E-state index in [1.165, 1.54) is 18.2 Å². The minimum atomic E-state index is -4.58. The van der Waals surface area contributed by atoms with Crippen LogP contribution in [0.25, 0.3) is 5.69 Å². The van der Waals surface area contributed by atoms with Crippen LogP contribution in [-0.2, 0) is 11.0 Å². The third kappa shape index (κ3) is 4.09. The number of aliphatic carboxylic acids is 1. The van der Waals surface area contributed by atoms with E-state index >= 15 is 0 Å². The van der Waals surface area contributed by atoms with Crippen LogP contribution >= 0.6 is 0 Å². The lowest BCUT2D eigenvalue weighted by molar-refractivity contribution is -0.139. The lowest BCUT2D eigenvalue weighted by atomic mass is 9.93. The van der Waals surface area contributed by atoms with Gasteiger partial charge in [0.1, 0.15) is 0 Å². The van der Waals surface area contributed by atoms with Crippen LogP contribution < -0.4 is 5.32 Å². The van der Waals surface area contributed by atoms with Crippen molar-refractivity contribution in [2.45, 2.75) is 43.8 Å². The first-order chi connectivity index (χ1) is 12.7. The van der Waals surface area contributed by atoms with Crippen LogP contribution in [0.4, 0.5) is 13.2 Å². The summed E-state index contributed by atoms with van der Waals surface area (Å²) in [5.74, 6) is -1.69. The normalized spacial score (nSPS) is 16.3. The monoisotopic (exact) mass is 382 g/mol. The maximum absolute atomic E-state index is 13.1. The van der Waals surface area contributed by atoms with Crippen LogP contribution in [0.1, 0.15) is 48.2 Å². The number of hydrogen-bond donors (Lipinski definition) is 2. The number of amides is 1. The largest absolute Gasteiger partial charge is 0.481 e. The molecule has 1 amide bonds. The highest BCUT2D eigenvalue weighted by Crippen LogP contribution is 2.34. The van der Waals surface area contributed by atoms with Crippen LogP contribution in [0.2, 0.25) is 0 Å². The molecule has 0 radical (unpaired) electrons. The molecule has 1 aromatic carbocycles. The average molecular weight is 382 g/mol. The van der Waals surface area contributed by atoms with E-state index in [4.69, 9.17) is 5.11 Å². The third-order valence-corrected chi connectivity index (χ3v) is 4.61. The lowest BCUT2D eigenvalue weighted by Crippen LogP contribution is -2.47. The second kappa shape index (κ2) is 7.01. The summed E-state index contributed by atoms with van der Waals surface area (Å²) < 4.78 is 40.3. The smallest absolute Gasteiger partial charge is 0.418 e. The second-order valence-corrected chi connectivity index (χ2v) is 6.58. The zero-order chi connectivity index (χ0) is 19.7. The number of nitrogens with zero attached hydrogens (tertiary/aromatic N) is 3. The molecule has 10 heteroatoms. The number of carbonyl (C=O) groups excluding carboxylic acids is 1. The average Bonchev–Trinajstić information content (AvgIpc) is 3.23. The highest BCUT2D eigenvalue weighted by molar-refractivity contribution is 5.93. The third-order valence-electron chi connectivity index (χ3n) is 4.61. The fourth-order valence-electron chi connectivity index (χ4n) is 3.39. The van der Waals surface area contributed by atoms with Gasteiger partial charge >= 0.3 is 12.1 Å². The Hall–Kier alpha value is -2.91. The maximum atomic E-state index is 13.1. The molecule has 1 aliphatic rings. The fraction of sp³-hybridized carbons (Fsp3) is 0.412. The Morgan fingerprint density at radius 1 is 1.22 bits per heavy atom. The minimum Gasteiger partial charge on any atom is -0.481 e. The molecule has 144 valence electrons. The number of halogens is 3. The van der Waals surface area contributed by atoms with Crippen LogP contribution in [0, 0.1) is 0 Å². The molecular formula is C17H17F3N4O3. The molecule has 0 atom stereocenters. The summed E-state index contributed by atoms with van der Waals surface area (Å²) in [5.41, 5.74) is -2.20. The quantitative estimate of drug-likeness (QED) is 0.829. The van der Waals surface area contributed by atoms with Gasteiger partial charge in [0, 0.05) is 0 Å². The van der Waals surface area contributed by atoms with Gasteiger partial charge in [0.15, 0.2) is 5.69 Å². The van der Waals surface area contributed by atoms with Crippen molar-refractivity contribution >= 4 is 11.9 Å². The second-order valence-electron chi connectivity index (χ2n) is 6.58. The molecule has 0 bridgehead atoms. The zero-order valence-corrected chi connectivity index (χ0v) is 14.2. The van der Waals surface area contributed by atoms with E-state index < -0.39 is 29.2 Å². The molecule has 1 aromatic heterocycles. The maximum Gasteiger partial charge on any atom is 0.418 e. The van der Waals surface area contributed by atoms with E-state index in [0.29, 0.717) is 12.8 Å². The Labute approximate surface area is 152 Å². The van der Waals surface area contributed by atoms with Crippen molar-refractivity contribution in [1.29, 1.82) is 0 Å². The van der Waals surface area contributed by atoms with Crippen molar-refractivity contribution in [3.8, 4) is 5.69 Å². The molecule has 3 rings (SSSR count). The highest BCUT2D eigenvalue weighted by atomic mass is 19.4. The number of hydrogen-bond acceptors (Lipinski definition) is 4. The summed E-state index contributed by atoms with van der Waals surface area (Å²) >= 11 is 0. The van der Waals surface area contributed by atoms with Crippen molar-refractivity contribution in [3.63, 3.8) is 0 Å². The molecule has 0 saturated heterocycles. The molecule has 2 aromatic rings. The van der Waals surface area contributed by atoms with Gasteiger partial charge in [0.05, 0.1) is 29.4 Å². The summed E-state index contributed by atoms with van der Waals surface area (Å²) in [6.07, 6.45) is -1.07. The number of nitrogens with one attached hydrogen (secondary N) is 1. The minimum absolute atomic E-state index is 0.177. The number of carboxylic acids is 1. The Balaban J connectivity index is 1.84. The number of rotatable bonds is 5. The summed E-state index contributed by atoms with van der Waals surface area (Å²) in [7, 11) is 0. The van der Waals surface area contributed by atoms with Gasteiger partial charge < -0.3 is 10.4 Å². The first-order valence-corrected chi connectivity index (χ1v) is 8.33. The molecule has 7 nitrogen and oxygen atoms in total. The summed E-state index contributed by atoms with van der Waals surface area (Å²) in [6, 6.07) is 4.82. The number of carbonyl (C=O) groups is 2. The van der Waals surface area contributed by atoms with Gasteiger partial charge in [-0.25, -0.2) is 4.68 Å². The molecule has 1 fully saturated rings. The SMILES string of the molecule is O=C(O)CC1(NC(=O)c2cn(-c3ccccc3C(F)(F)F)nn2)CCCC1. The number of alkyl halides is 3. The van der Waals surface area contributed by atoms with Crippen LogP contribution in [-0.4, -0.2) is 37.5 Å². The Bertz CT molecular complexity index is 857. The molecule has 1 aliphatic carbocycles. The summed E-state index contributed by atoms with van der Waals surface area (Å²) in [4.78, 5) is 23.6. The predicted molar refractivity (Wildman–Crippen MR) is 87.3 cm³/mol. The molecule has 0 aliphatic heterocycles. The van der Waals surface area contributed by atoms with E-state index in [2.05, 4.69) is 15.6 Å². The first-order valence-electron chi connectivity index (χ1n) is 8.33. The Kier molecular flexibility index (Phi) is 4.90. The van der Waals surface area contributed by atoms with Gasteiger partial charge in [0.25, 0.3) is 5.91 Å². The van der Waals surface area contributed by atoms with Gasteiger partial charge in [-0.1, -0.05) is 30.2 Å². The summed E-state index contributed by atoms with van der Waals surface area (Å²) in [6.45, 7) is 0. The Morgan fingerprint density at radius 3 is 2.52 bits per heavy atom. The molecule has 27 heavy (non-hydrogen) atoms. The molecule has 0 spiro atoms. The van der Waals surface area contributed by atoms with E-state index in [9.17, 15) is 22.8 Å². The molecule has 2 N–H and O–H groups in total. The zero-order valence-electron chi connectivity index (χ0n) is 14.2. The first kappa shape index (κ1) is 18.9. The van der Waals surface area contributed by atoms with Crippen molar-refractivity contribution in [3.05, 3.63) is 41.7 Å². The molecule has 0 unspecified atom stereocenters. The number of carboxylic acid groups (broad SMARTS) is 1. The van der Waals surface area contributed by atoms with Crippen molar-refractivity contribution < 1.29 is 27.9 Å². The van der Waals surface area contributed by atoms with E-state index in [0.717, 1.165) is 29.8 Å². The van der Waals surface area contributed by atoms with Gasteiger partial charge in [0.2, 0.25) is 0 Å². The van der Waals surface area contributed by atoms with Crippen LogP contribution in [0.5, 0.6) is 0 Å². The van der Waals surface area contributed by atoms with Crippen LogP contribution in [0.15, 0.2) is 30.5 Å². The lowest BCUT2D eigenvalue weighted by Gasteiger charge is -2.28. The van der Waals surface area contributed by atoms with Crippen molar-refractivity contribution in [2.75, 3.05) is 0 Å². The molecule has 1 saturated carbocycles. The van der Waals surface area contributed by atoms with E-state index in [-0.39, 0.29) is 17.8 Å². The van der Waals surface area contributed by atoms with E-state index in [1.807, 2.05) is 0 Å². The Morgan fingerprint density at radius 2 is 1.89 bits per heavy atom. The fourth-order valence-corrected chi connectivity index (χ4v) is 3.39. The number of aromatic nitrogens is 3. The van der Waals surface area contributed by atoms with Gasteiger partial charge in [-0.15, -0.1) is 5.10 Å². The molecular weight excluding hydrogens is 365 g/mol. The van der Waals surface area contributed by atoms with Gasteiger partial charge in [-0.2, -0.15) is 13.2 Å². The highest BCUT2D eigenvalue weighted by Gasteiger charge is 2.38. The number of benzene rings is 1. The predicted octanol–water partition coefficient (Wildman–Crippen LogP) is 2.80. The van der Waals surface area contributed by atoms with Crippen molar-refractivity contribution in [2.24, 2.45) is 0 Å².